The van der Waals surface area contributed by atoms with E-state index in [-0.39, 0.29) is 25.4 Å². The molecule has 3 aromatic rings. The van der Waals surface area contributed by atoms with Crippen molar-refractivity contribution < 1.29 is 32.2 Å². The van der Waals surface area contributed by atoms with Crippen LogP contribution in [0.25, 0.3) is 6.08 Å². The van der Waals surface area contributed by atoms with E-state index in [1.54, 1.807) is 60.7 Å². The number of hydrogen-bond donors (Lipinski definition) is 2. The minimum Gasteiger partial charge on any atom is -0.494 e. The van der Waals surface area contributed by atoms with Crippen molar-refractivity contribution in [1.82, 2.24) is 0 Å². The van der Waals surface area contributed by atoms with Gasteiger partial charge in [0.2, 0.25) is 0 Å². The van der Waals surface area contributed by atoms with E-state index in [1.165, 1.54) is 18.2 Å². The molecule has 0 spiro atoms. The van der Waals surface area contributed by atoms with Crippen LogP contribution in [0.5, 0.6) is 5.75 Å². The Morgan fingerprint density at radius 1 is 0.865 bits per heavy atom. The second-order valence-electron chi connectivity index (χ2n) is 8.26. The van der Waals surface area contributed by atoms with Crippen molar-refractivity contribution in [1.29, 1.82) is 0 Å². The number of nitrogens with two attached hydrogens (primary N) is 2. The summed E-state index contributed by atoms with van der Waals surface area (Å²) < 4.78 is 47.1. The summed E-state index contributed by atoms with van der Waals surface area (Å²) in [7, 11) is 0. The second kappa shape index (κ2) is 12.6. The second-order valence-corrected chi connectivity index (χ2v) is 8.26. The SMILES string of the molecule is Nc1ccc(CCOC(=O)c2ccc(/C=C/C(=O)c3ccc(OCCCC(F)(F)F)cc3)cc2)c(N)c1. The summed E-state index contributed by atoms with van der Waals surface area (Å²) in [5.74, 6) is -0.336. The molecule has 0 saturated heterocycles. The van der Waals surface area contributed by atoms with Gasteiger partial charge in [-0.25, -0.2) is 4.79 Å². The third kappa shape index (κ3) is 9.03. The maximum Gasteiger partial charge on any atom is 0.389 e. The molecule has 0 aliphatic rings. The van der Waals surface area contributed by atoms with Gasteiger partial charge in [-0.15, -0.1) is 0 Å². The molecule has 0 aliphatic carbocycles. The van der Waals surface area contributed by atoms with Gasteiger partial charge in [0.05, 0.1) is 18.8 Å². The number of halogens is 3. The molecule has 0 fully saturated rings. The Hall–Kier alpha value is -4.27. The molecule has 0 unspecified atom stereocenters. The number of esters is 1. The summed E-state index contributed by atoms with van der Waals surface area (Å²) in [6, 6.07) is 18.0. The number of benzene rings is 3. The maximum atomic E-state index is 12.4. The van der Waals surface area contributed by atoms with Crippen LogP contribution < -0.4 is 16.2 Å². The normalized spacial score (nSPS) is 11.4. The first-order valence-electron chi connectivity index (χ1n) is 11.5. The molecule has 0 heterocycles. The van der Waals surface area contributed by atoms with E-state index in [9.17, 15) is 22.8 Å². The molecule has 3 rings (SSSR count). The van der Waals surface area contributed by atoms with Gasteiger partial charge in [0.25, 0.3) is 0 Å². The third-order valence-corrected chi connectivity index (χ3v) is 5.36. The van der Waals surface area contributed by atoms with Crippen LogP contribution in [-0.4, -0.2) is 31.1 Å². The monoisotopic (exact) mass is 512 g/mol. The molecule has 0 bridgehead atoms. The van der Waals surface area contributed by atoms with Gasteiger partial charge in [0.1, 0.15) is 5.75 Å². The predicted molar refractivity (Wildman–Crippen MR) is 136 cm³/mol. The van der Waals surface area contributed by atoms with E-state index in [0.717, 1.165) is 5.56 Å². The van der Waals surface area contributed by atoms with Crippen LogP contribution in [0.2, 0.25) is 0 Å². The molecule has 4 N–H and O–H groups in total. The Kier molecular flexibility index (Phi) is 9.32. The predicted octanol–water partition coefficient (Wildman–Crippen LogP) is 5.87. The van der Waals surface area contributed by atoms with Crippen molar-refractivity contribution in [3.8, 4) is 5.75 Å². The van der Waals surface area contributed by atoms with E-state index in [4.69, 9.17) is 20.9 Å². The summed E-state index contributed by atoms with van der Waals surface area (Å²) in [5, 5.41) is 0. The Morgan fingerprint density at radius 2 is 1.54 bits per heavy atom. The highest BCUT2D eigenvalue weighted by Crippen LogP contribution is 2.22. The number of anilines is 2. The van der Waals surface area contributed by atoms with Gasteiger partial charge in [0, 0.05) is 29.8 Å². The van der Waals surface area contributed by atoms with Crippen molar-refractivity contribution in [2.24, 2.45) is 0 Å². The fourth-order valence-electron chi connectivity index (χ4n) is 3.35. The molecule has 0 radical (unpaired) electrons. The van der Waals surface area contributed by atoms with Gasteiger partial charge in [-0.2, -0.15) is 13.2 Å². The first-order chi connectivity index (χ1) is 17.6. The van der Waals surface area contributed by atoms with E-state index < -0.39 is 18.6 Å². The van der Waals surface area contributed by atoms with Gasteiger partial charge < -0.3 is 20.9 Å². The average Bonchev–Trinajstić information content (AvgIpc) is 2.86. The molecular weight excluding hydrogens is 485 g/mol. The highest BCUT2D eigenvalue weighted by Gasteiger charge is 2.26. The Bertz CT molecular complexity index is 1240. The van der Waals surface area contributed by atoms with Crippen LogP contribution in [0.4, 0.5) is 24.5 Å². The number of alkyl halides is 3. The zero-order chi connectivity index (χ0) is 26.8. The number of rotatable bonds is 11. The molecule has 0 saturated carbocycles. The maximum absolute atomic E-state index is 12.4. The van der Waals surface area contributed by atoms with Crippen LogP contribution in [0, 0.1) is 0 Å². The quantitative estimate of drug-likeness (QED) is 0.110. The van der Waals surface area contributed by atoms with E-state index in [0.29, 0.717) is 40.2 Å². The number of ketones is 1. The number of carbonyl (C=O) groups excluding carboxylic acids is 2. The standard InChI is InChI=1S/C28H27F3N2O4/c29-28(30,31)15-1-16-36-24-11-8-21(9-12-24)26(34)13-4-19-2-5-22(6-3-19)27(35)37-17-14-20-7-10-23(32)18-25(20)33/h2-13,18H,1,14-17,32-33H2/b13-4+. The Balaban J connectivity index is 1.46. The lowest BCUT2D eigenvalue weighted by Crippen LogP contribution is -2.09. The summed E-state index contributed by atoms with van der Waals surface area (Å²) in [5.41, 5.74) is 15.0. The van der Waals surface area contributed by atoms with Crippen molar-refractivity contribution in [2.45, 2.75) is 25.4 Å². The number of hydrogen-bond acceptors (Lipinski definition) is 6. The largest absolute Gasteiger partial charge is 0.494 e. The van der Waals surface area contributed by atoms with Gasteiger partial charge in [0.15, 0.2) is 5.78 Å². The summed E-state index contributed by atoms with van der Waals surface area (Å²) in [6.07, 6.45) is -1.78. The van der Waals surface area contributed by atoms with E-state index in [1.807, 2.05) is 0 Å². The van der Waals surface area contributed by atoms with Gasteiger partial charge in [-0.1, -0.05) is 24.3 Å². The van der Waals surface area contributed by atoms with Crippen molar-refractivity contribution in [3.05, 3.63) is 95.1 Å². The van der Waals surface area contributed by atoms with Gasteiger partial charge in [-0.3, -0.25) is 4.79 Å². The lowest BCUT2D eigenvalue weighted by Gasteiger charge is -2.08. The number of carbonyl (C=O) groups is 2. The van der Waals surface area contributed by atoms with Crippen LogP contribution in [0.15, 0.2) is 72.8 Å². The topological polar surface area (TPSA) is 105 Å². The zero-order valence-electron chi connectivity index (χ0n) is 20.0. The van der Waals surface area contributed by atoms with Crippen LogP contribution >= 0.6 is 0 Å². The highest BCUT2D eigenvalue weighted by atomic mass is 19.4. The van der Waals surface area contributed by atoms with Crippen LogP contribution in [0.1, 0.15) is 44.7 Å². The number of nitrogen functional groups attached to an aromatic ring is 2. The van der Waals surface area contributed by atoms with Crippen molar-refractivity contribution >= 4 is 29.2 Å². The average molecular weight is 513 g/mol. The van der Waals surface area contributed by atoms with E-state index >= 15 is 0 Å². The molecule has 9 heteroatoms. The first-order valence-corrected chi connectivity index (χ1v) is 11.5. The summed E-state index contributed by atoms with van der Waals surface area (Å²) >= 11 is 0. The smallest absolute Gasteiger partial charge is 0.389 e. The molecule has 3 aromatic carbocycles. The Labute approximate surface area is 212 Å². The molecule has 0 amide bonds. The number of ether oxygens (including phenoxy) is 2. The minimum absolute atomic E-state index is 0.0620. The molecule has 0 aliphatic heterocycles. The fourth-order valence-corrected chi connectivity index (χ4v) is 3.35. The summed E-state index contributed by atoms with van der Waals surface area (Å²) in [4.78, 5) is 24.7. The lowest BCUT2D eigenvalue weighted by molar-refractivity contribution is -0.136. The van der Waals surface area contributed by atoms with Crippen molar-refractivity contribution in [3.63, 3.8) is 0 Å². The van der Waals surface area contributed by atoms with Gasteiger partial charge in [-0.05, 0) is 72.2 Å². The molecular formula is C28H27F3N2O4. The molecule has 0 atom stereocenters. The first kappa shape index (κ1) is 27.3. The Morgan fingerprint density at radius 3 is 2.19 bits per heavy atom. The highest BCUT2D eigenvalue weighted by molar-refractivity contribution is 6.06. The van der Waals surface area contributed by atoms with E-state index in [2.05, 4.69) is 0 Å². The van der Waals surface area contributed by atoms with Crippen LogP contribution in [0.3, 0.4) is 0 Å². The molecule has 194 valence electrons. The minimum atomic E-state index is -4.20. The zero-order valence-corrected chi connectivity index (χ0v) is 20.0. The molecule has 37 heavy (non-hydrogen) atoms. The lowest BCUT2D eigenvalue weighted by atomic mass is 10.1. The van der Waals surface area contributed by atoms with Crippen LogP contribution in [-0.2, 0) is 11.2 Å². The van der Waals surface area contributed by atoms with Crippen molar-refractivity contribution in [2.75, 3.05) is 24.7 Å². The molecule has 0 aromatic heterocycles. The van der Waals surface area contributed by atoms with Gasteiger partial charge >= 0.3 is 12.1 Å². The molecule has 6 nitrogen and oxygen atoms in total. The fraction of sp³-hybridized carbons (Fsp3) is 0.214. The summed E-state index contributed by atoms with van der Waals surface area (Å²) in [6.45, 7) is 0.105. The third-order valence-electron chi connectivity index (χ3n) is 5.36. The number of allylic oxidation sites excluding steroid dienone is 1.